The number of pyridine rings is 1. The highest BCUT2D eigenvalue weighted by atomic mass is 79.9. The van der Waals surface area contributed by atoms with Crippen LogP contribution in [0.3, 0.4) is 0 Å². The van der Waals surface area contributed by atoms with Crippen LogP contribution < -0.4 is 11.1 Å². The van der Waals surface area contributed by atoms with Crippen molar-refractivity contribution in [2.45, 2.75) is 20.4 Å². The van der Waals surface area contributed by atoms with E-state index in [2.05, 4.69) is 46.1 Å². The Balaban J connectivity index is 1.95. The molecule has 0 aliphatic rings. The van der Waals surface area contributed by atoms with Gasteiger partial charge in [0.25, 0.3) is 0 Å². The van der Waals surface area contributed by atoms with Crippen molar-refractivity contribution in [1.29, 1.82) is 0 Å². The van der Waals surface area contributed by atoms with Crippen molar-refractivity contribution in [3.8, 4) is 0 Å². The van der Waals surface area contributed by atoms with Gasteiger partial charge in [-0.3, -0.25) is 4.98 Å². The number of aryl methyl sites for hydroxylation is 2. The molecule has 3 nitrogen and oxygen atoms in total. The van der Waals surface area contributed by atoms with Crippen molar-refractivity contribution < 1.29 is 0 Å². The molecule has 21 heavy (non-hydrogen) atoms. The number of hydrogen-bond donors (Lipinski definition) is 2. The zero-order chi connectivity index (χ0) is 15.0. The first kappa shape index (κ1) is 14.4. The molecule has 0 saturated heterocycles. The van der Waals surface area contributed by atoms with Gasteiger partial charge in [-0.15, -0.1) is 11.3 Å². The minimum atomic E-state index is 0.672. The second kappa shape index (κ2) is 5.66. The standard InChI is InChI=1S/C16H16BrN3S/c1-9-5-12(21-10(9)2)7-20-16-13-6-11(17)3-4-15(13)19-8-14(16)18/h3-6,8H,7,18H2,1-2H3,(H,19,20). The summed E-state index contributed by atoms with van der Waals surface area (Å²) in [6.07, 6.45) is 1.71. The van der Waals surface area contributed by atoms with Crippen LogP contribution in [0.1, 0.15) is 15.3 Å². The number of nitrogen functional groups attached to an aromatic ring is 1. The smallest absolute Gasteiger partial charge is 0.0743 e. The molecule has 2 heterocycles. The van der Waals surface area contributed by atoms with E-state index in [0.29, 0.717) is 5.69 Å². The molecule has 3 aromatic rings. The summed E-state index contributed by atoms with van der Waals surface area (Å²) in [5.41, 5.74) is 10.00. The molecule has 0 bridgehead atoms. The number of aromatic nitrogens is 1. The van der Waals surface area contributed by atoms with E-state index in [1.165, 1.54) is 15.3 Å². The predicted octanol–water partition coefficient (Wildman–Crippen LogP) is 4.87. The Bertz CT molecular complexity index is 786. The molecule has 0 aliphatic heterocycles. The lowest BCUT2D eigenvalue weighted by Gasteiger charge is -2.11. The van der Waals surface area contributed by atoms with E-state index in [0.717, 1.165) is 27.6 Å². The first-order valence-electron chi connectivity index (χ1n) is 6.68. The third kappa shape index (κ3) is 2.89. The second-order valence-corrected chi connectivity index (χ2v) is 7.31. The van der Waals surface area contributed by atoms with Gasteiger partial charge in [0.15, 0.2) is 0 Å². The molecule has 3 rings (SSSR count). The molecular weight excluding hydrogens is 346 g/mol. The fourth-order valence-corrected chi connectivity index (χ4v) is 3.64. The maximum atomic E-state index is 6.10. The van der Waals surface area contributed by atoms with Gasteiger partial charge in [0.05, 0.1) is 23.1 Å². The number of halogens is 1. The van der Waals surface area contributed by atoms with Gasteiger partial charge < -0.3 is 11.1 Å². The van der Waals surface area contributed by atoms with Crippen LogP contribution in [0.15, 0.2) is 34.9 Å². The topological polar surface area (TPSA) is 50.9 Å². The van der Waals surface area contributed by atoms with Gasteiger partial charge in [0, 0.05) is 26.2 Å². The van der Waals surface area contributed by atoms with Crippen LogP contribution in [0.5, 0.6) is 0 Å². The van der Waals surface area contributed by atoms with Crippen LogP contribution in [-0.4, -0.2) is 4.98 Å². The lowest BCUT2D eigenvalue weighted by atomic mass is 10.1. The summed E-state index contributed by atoms with van der Waals surface area (Å²) in [5, 5.41) is 4.50. The van der Waals surface area contributed by atoms with E-state index in [1.807, 2.05) is 29.5 Å². The van der Waals surface area contributed by atoms with Crippen molar-refractivity contribution in [3.63, 3.8) is 0 Å². The minimum absolute atomic E-state index is 0.672. The zero-order valence-electron chi connectivity index (χ0n) is 11.9. The summed E-state index contributed by atoms with van der Waals surface area (Å²) in [5.74, 6) is 0. The van der Waals surface area contributed by atoms with Gasteiger partial charge in [-0.1, -0.05) is 15.9 Å². The normalized spacial score (nSPS) is 11.0. The molecule has 108 valence electrons. The number of benzene rings is 1. The van der Waals surface area contributed by atoms with E-state index in [9.17, 15) is 0 Å². The van der Waals surface area contributed by atoms with Crippen LogP contribution in [0.4, 0.5) is 11.4 Å². The van der Waals surface area contributed by atoms with Crippen molar-refractivity contribution in [2.75, 3.05) is 11.1 Å². The molecule has 0 spiro atoms. The Morgan fingerprint density at radius 1 is 1.29 bits per heavy atom. The Labute approximate surface area is 136 Å². The van der Waals surface area contributed by atoms with Crippen molar-refractivity contribution >= 4 is 49.5 Å². The quantitative estimate of drug-likeness (QED) is 0.699. The van der Waals surface area contributed by atoms with Gasteiger partial charge in [-0.25, -0.2) is 0 Å². The second-order valence-electron chi connectivity index (χ2n) is 5.06. The highest BCUT2D eigenvalue weighted by Crippen LogP contribution is 2.31. The number of hydrogen-bond acceptors (Lipinski definition) is 4. The molecular formula is C16H16BrN3S. The molecule has 0 atom stereocenters. The predicted molar refractivity (Wildman–Crippen MR) is 95.0 cm³/mol. The Kier molecular flexibility index (Phi) is 3.87. The highest BCUT2D eigenvalue weighted by Gasteiger charge is 2.08. The van der Waals surface area contributed by atoms with E-state index >= 15 is 0 Å². The Hall–Kier alpha value is -1.59. The van der Waals surface area contributed by atoms with E-state index in [4.69, 9.17) is 5.73 Å². The Morgan fingerprint density at radius 2 is 2.10 bits per heavy atom. The third-order valence-electron chi connectivity index (χ3n) is 3.52. The Morgan fingerprint density at radius 3 is 2.81 bits per heavy atom. The summed E-state index contributed by atoms with van der Waals surface area (Å²) < 4.78 is 1.02. The number of nitrogens with one attached hydrogen (secondary N) is 1. The van der Waals surface area contributed by atoms with Crippen LogP contribution in [0.25, 0.3) is 10.9 Å². The lowest BCUT2D eigenvalue weighted by molar-refractivity contribution is 1.19. The highest BCUT2D eigenvalue weighted by molar-refractivity contribution is 9.10. The van der Waals surface area contributed by atoms with E-state index in [-0.39, 0.29) is 0 Å². The maximum absolute atomic E-state index is 6.10. The number of rotatable bonds is 3. The summed E-state index contributed by atoms with van der Waals surface area (Å²) in [7, 11) is 0. The van der Waals surface area contributed by atoms with Gasteiger partial charge >= 0.3 is 0 Å². The SMILES string of the molecule is Cc1cc(CNc2c(N)cnc3ccc(Br)cc23)sc1C. The molecule has 0 unspecified atom stereocenters. The molecule has 2 aromatic heterocycles. The molecule has 0 fully saturated rings. The summed E-state index contributed by atoms with van der Waals surface area (Å²) in [4.78, 5) is 7.05. The molecule has 0 saturated carbocycles. The molecule has 0 radical (unpaired) electrons. The van der Waals surface area contributed by atoms with Crippen LogP contribution >= 0.6 is 27.3 Å². The maximum Gasteiger partial charge on any atom is 0.0743 e. The summed E-state index contributed by atoms with van der Waals surface area (Å²) in [6.45, 7) is 5.06. The molecule has 1 aromatic carbocycles. The average molecular weight is 362 g/mol. The van der Waals surface area contributed by atoms with Crippen LogP contribution in [-0.2, 0) is 6.54 Å². The molecule has 3 N–H and O–H groups in total. The van der Waals surface area contributed by atoms with Crippen LogP contribution in [0, 0.1) is 13.8 Å². The fraction of sp³-hybridized carbons (Fsp3) is 0.188. The first-order chi connectivity index (χ1) is 10.0. The van der Waals surface area contributed by atoms with Gasteiger partial charge in [0.1, 0.15) is 0 Å². The number of nitrogens with two attached hydrogens (primary N) is 1. The number of fused-ring (bicyclic) bond motifs is 1. The van der Waals surface area contributed by atoms with E-state index < -0.39 is 0 Å². The van der Waals surface area contributed by atoms with Crippen molar-refractivity contribution in [3.05, 3.63) is 50.3 Å². The number of nitrogens with zero attached hydrogens (tertiary/aromatic N) is 1. The first-order valence-corrected chi connectivity index (χ1v) is 8.29. The van der Waals surface area contributed by atoms with Crippen molar-refractivity contribution in [1.82, 2.24) is 4.98 Å². The van der Waals surface area contributed by atoms with Crippen LogP contribution in [0.2, 0.25) is 0 Å². The van der Waals surface area contributed by atoms with Gasteiger partial charge in [-0.2, -0.15) is 0 Å². The molecule has 0 amide bonds. The molecule has 0 aliphatic carbocycles. The zero-order valence-corrected chi connectivity index (χ0v) is 14.3. The average Bonchev–Trinajstić information content (AvgIpc) is 2.76. The fourth-order valence-electron chi connectivity index (χ4n) is 2.29. The number of anilines is 2. The van der Waals surface area contributed by atoms with Crippen molar-refractivity contribution in [2.24, 2.45) is 0 Å². The summed E-state index contributed by atoms with van der Waals surface area (Å²) >= 11 is 5.33. The lowest BCUT2D eigenvalue weighted by Crippen LogP contribution is -2.03. The molecule has 5 heteroatoms. The monoisotopic (exact) mass is 361 g/mol. The van der Waals surface area contributed by atoms with E-state index in [1.54, 1.807) is 6.20 Å². The minimum Gasteiger partial charge on any atom is -0.396 e. The summed E-state index contributed by atoms with van der Waals surface area (Å²) in [6, 6.07) is 8.25. The number of thiophene rings is 1. The van der Waals surface area contributed by atoms with Gasteiger partial charge in [0.2, 0.25) is 0 Å². The third-order valence-corrected chi connectivity index (χ3v) is 5.16. The van der Waals surface area contributed by atoms with Gasteiger partial charge in [-0.05, 0) is 43.7 Å². The largest absolute Gasteiger partial charge is 0.396 e.